The van der Waals surface area contributed by atoms with Gasteiger partial charge in [0, 0.05) is 30.2 Å². The van der Waals surface area contributed by atoms with Crippen LogP contribution in [0.2, 0.25) is 0 Å². The van der Waals surface area contributed by atoms with Crippen LogP contribution < -0.4 is 10.2 Å². The van der Waals surface area contributed by atoms with Crippen LogP contribution in [-0.4, -0.2) is 24.1 Å². The molecule has 1 aromatic rings. The van der Waals surface area contributed by atoms with Crippen LogP contribution in [0.15, 0.2) is 6.20 Å². The fraction of sp³-hybridized carbons (Fsp3) is 0.786. The lowest BCUT2D eigenvalue weighted by Crippen LogP contribution is -2.29. The monoisotopic (exact) mass is 267 g/mol. The summed E-state index contributed by atoms with van der Waals surface area (Å²) in [4.78, 5) is 8.48. The van der Waals surface area contributed by atoms with Gasteiger partial charge in [0.05, 0.1) is 0 Å². The summed E-state index contributed by atoms with van der Waals surface area (Å²) in [5, 5.41) is 4.66. The molecule has 1 heterocycles. The lowest BCUT2D eigenvalue weighted by Gasteiger charge is -2.23. The molecule has 0 radical (unpaired) electrons. The number of anilines is 1. The van der Waals surface area contributed by atoms with Gasteiger partial charge in [0.25, 0.3) is 0 Å². The predicted molar refractivity (Wildman–Crippen MR) is 79.3 cm³/mol. The minimum atomic E-state index is 0.705. The molecule has 18 heavy (non-hydrogen) atoms. The topological polar surface area (TPSA) is 28.2 Å². The Morgan fingerprint density at radius 1 is 1.50 bits per heavy atom. The van der Waals surface area contributed by atoms with Gasteiger partial charge in [0.1, 0.15) is 0 Å². The summed E-state index contributed by atoms with van der Waals surface area (Å²) in [6.07, 6.45) is 5.91. The summed E-state index contributed by atoms with van der Waals surface area (Å²) in [6.45, 7) is 9.96. The van der Waals surface area contributed by atoms with Crippen molar-refractivity contribution >= 4 is 16.5 Å². The van der Waals surface area contributed by atoms with Gasteiger partial charge < -0.3 is 10.2 Å². The number of thiazole rings is 1. The van der Waals surface area contributed by atoms with E-state index in [1.165, 1.54) is 29.3 Å². The summed E-state index contributed by atoms with van der Waals surface area (Å²) in [6, 6.07) is 0.759. The lowest BCUT2D eigenvalue weighted by atomic mass is 10.2. The fourth-order valence-corrected chi connectivity index (χ4v) is 3.02. The molecule has 3 nitrogen and oxygen atoms in total. The van der Waals surface area contributed by atoms with Crippen LogP contribution in [0.5, 0.6) is 0 Å². The largest absolute Gasteiger partial charge is 0.345 e. The maximum absolute atomic E-state index is 4.61. The summed E-state index contributed by atoms with van der Waals surface area (Å²) in [5.74, 6) is 0.705. The normalized spacial score (nSPS) is 15.3. The molecule has 0 amide bonds. The van der Waals surface area contributed by atoms with E-state index in [9.17, 15) is 0 Å². The van der Waals surface area contributed by atoms with Crippen molar-refractivity contribution in [1.29, 1.82) is 0 Å². The second-order valence-electron chi connectivity index (χ2n) is 5.56. The Kier molecular flexibility index (Phi) is 5.01. The highest BCUT2D eigenvalue weighted by atomic mass is 32.1. The Morgan fingerprint density at radius 2 is 2.28 bits per heavy atom. The van der Waals surface area contributed by atoms with Crippen LogP contribution >= 0.6 is 11.3 Å². The molecule has 1 fully saturated rings. The Labute approximate surface area is 115 Å². The molecule has 1 saturated carbocycles. The van der Waals surface area contributed by atoms with Crippen molar-refractivity contribution in [3.05, 3.63) is 11.1 Å². The van der Waals surface area contributed by atoms with E-state index >= 15 is 0 Å². The summed E-state index contributed by atoms with van der Waals surface area (Å²) in [7, 11) is 0. The van der Waals surface area contributed by atoms with E-state index in [0.717, 1.165) is 25.7 Å². The first-order valence-electron chi connectivity index (χ1n) is 7.12. The smallest absolute Gasteiger partial charge is 0.185 e. The molecule has 4 heteroatoms. The summed E-state index contributed by atoms with van der Waals surface area (Å²) >= 11 is 1.85. The summed E-state index contributed by atoms with van der Waals surface area (Å²) in [5.41, 5.74) is 0. The zero-order valence-corrected chi connectivity index (χ0v) is 12.6. The van der Waals surface area contributed by atoms with Gasteiger partial charge in [0.15, 0.2) is 5.13 Å². The molecule has 1 aliphatic rings. The molecule has 0 spiro atoms. The summed E-state index contributed by atoms with van der Waals surface area (Å²) < 4.78 is 0. The molecule has 0 bridgehead atoms. The Bertz CT molecular complexity index is 358. The van der Waals surface area contributed by atoms with Crippen LogP contribution in [0, 0.1) is 5.92 Å². The van der Waals surface area contributed by atoms with E-state index in [1.54, 1.807) is 0 Å². The zero-order chi connectivity index (χ0) is 13.0. The molecule has 0 unspecified atom stereocenters. The molecule has 102 valence electrons. The van der Waals surface area contributed by atoms with E-state index in [4.69, 9.17) is 0 Å². The third-order valence-electron chi connectivity index (χ3n) is 3.06. The Morgan fingerprint density at radius 3 is 2.89 bits per heavy atom. The molecule has 1 aromatic heterocycles. The van der Waals surface area contributed by atoms with E-state index in [1.807, 2.05) is 17.5 Å². The van der Waals surface area contributed by atoms with Crippen molar-refractivity contribution in [1.82, 2.24) is 10.3 Å². The standard InChI is InChI=1S/C14H25N3S/c1-4-7-15-8-13-9-16-14(18-13)17(10-11(2)3)12-5-6-12/h9,11-12,15H,4-8,10H2,1-3H3. The number of hydrogen-bond acceptors (Lipinski definition) is 4. The van der Waals surface area contributed by atoms with Crippen LogP contribution in [0.25, 0.3) is 0 Å². The van der Waals surface area contributed by atoms with E-state index < -0.39 is 0 Å². The van der Waals surface area contributed by atoms with Gasteiger partial charge in [-0.3, -0.25) is 0 Å². The van der Waals surface area contributed by atoms with Crippen molar-refractivity contribution in [2.45, 2.75) is 52.6 Å². The minimum absolute atomic E-state index is 0.705. The van der Waals surface area contributed by atoms with Crippen molar-refractivity contribution in [3.63, 3.8) is 0 Å². The molecular formula is C14H25N3S. The number of aromatic nitrogens is 1. The number of hydrogen-bond donors (Lipinski definition) is 1. The maximum atomic E-state index is 4.61. The highest BCUT2D eigenvalue weighted by molar-refractivity contribution is 7.15. The molecule has 0 aliphatic heterocycles. The second kappa shape index (κ2) is 6.53. The molecule has 0 atom stereocenters. The van der Waals surface area contributed by atoms with Crippen molar-refractivity contribution in [2.24, 2.45) is 5.92 Å². The fourth-order valence-electron chi connectivity index (χ4n) is 2.06. The van der Waals surface area contributed by atoms with Crippen LogP contribution in [-0.2, 0) is 6.54 Å². The predicted octanol–water partition coefficient (Wildman–Crippen LogP) is 3.27. The molecule has 0 aromatic carbocycles. The van der Waals surface area contributed by atoms with Crippen molar-refractivity contribution in [3.8, 4) is 0 Å². The molecule has 2 rings (SSSR count). The van der Waals surface area contributed by atoms with E-state index in [-0.39, 0.29) is 0 Å². The van der Waals surface area contributed by atoms with E-state index in [0.29, 0.717) is 5.92 Å². The molecule has 1 N–H and O–H groups in total. The van der Waals surface area contributed by atoms with Gasteiger partial charge in [-0.25, -0.2) is 4.98 Å². The lowest BCUT2D eigenvalue weighted by molar-refractivity contribution is 0.606. The van der Waals surface area contributed by atoms with E-state index in [2.05, 4.69) is 36.0 Å². The minimum Gasteiger partial charge on any atom is -0.345 e. The first-order valence-corrected chi connectivity index (χ1v) is 7.94. The van der Waals surface area contributed by atoms with Crippen LogP contribution in [0.3, 0.4) is 0 Å². The molecular weight excluding hydrogens is 242 g/mol. The van der Waals surface area contributed by atoms with Crippen molar-refractivity contribution in [2.75, 3.05) is 18.0 Å². The quantitative estimate of drug-likeness (QED) is 0.733. The zero-order valence-electron chi connectivity index (χ0n) is 11.8. The van der Waals surface area contributed by atoms with Gasteiger partial charge in [0.2, 0.25) is 0 Å². The van der Waals surface area contributed by atoms with Gasteiger partial charge >= 0.3 is 0 Å². The Balaban J connectivity index is 1.93. The SMILES string of the molecule is CCCNCc1cnc(N(CC(C)C)C2CC2)s1. The third-order valence-corrected chi connectivity index (χ3v) is 4.10. The number of rotatable bonds is 8. The van der Waals surface area contributed by atoms with Gasteiger partial charge in [-0.1, -0.05) is 20.8 Å². The van der Waals surface area contributed by atoms with Gasteiger partial charge in [-0.05, 0) is 31.7 Å². The number of nitrogens with one attached hydrogen (secondary N) is 1. The van der Waals surface area contributed by atoms with Crippen LogP contribution in [0.4, 0.5) is 5.13 Å². The van der Waals surface area contributed by atoms with Gasteiger partial charge in [-0.15, -0.1) is 11.3 Å². The average molecular weight is 267 g/mol. The molecule has 1 aliphatic carbocycles. The first-order chi connectivity index (χ1) is 8.70. The van der Waals surface area contributed by atoms with Crippen molar-refractivity contribution < 1.29 is 0 Å². The van der Waals surface area contributed by atoms with Crippen LogP contribution in [0.1, 0.15) is 44.9 Å². The first kappa shape index (κ1) is 13.8. The molecule has 0 saturated heterocycles. The second-order valence-corrected chi connectivity index (χ2v) is 6.66. The average Bonchev–Trinajstić information content (AvgIpc) is 3.06. The highest BCUT2D eigenvalue weighted by Crippen LogP contribution is 2.34. The Hall–Kier alpha value is -0.610. The highest BCUT2D eigenvalue weighted by Gasteiger charge is 2.31. The maximum Gasteiger partial charge on any atom is 0.185 e. The number of nitrogens with zero attached hydrogens (tertiary/aromatic N) is 2. The third kappa shape index (κ3) is 3.95. The van der Waals surface area contributed by atoms with Gasteiger partial charge in [-0.2, -0.15) is 0 Å².